The van der Waals surface area contributed by atoms with Crippen molar-refractivity contribution in [2.75, 3.05) is 18.4 Å². The van der Waals surface area contributed by atoms with Crippen molar-refractivity contribution in [2.24, 2.45) is 0 Å². The van der Waals surface area contributed by atoms with Gasteiger partial charge < -0.3 is 10.1 Å². The van der Waals surface area contributed by atoms with Gasteiger partial charge in [0.25, 0.3) is 15.9 Å². The fraction of sp³-hybridized carbons (Fsp3) is 0.278. The van der Waals surface area contributed by atoms with E-state index in [1.54, 1.807) is 19.2 Å². The molecule has 1 amide bonds. The van der Waals surface area contributed by atoms with E-state index in [0.717, 1.165) is 5.56 Å². The summed E-state index contributed by atoms with van der Waals surface area (Å²) < 4.78 is 32.5. The standard InChI is InChI=1S/C18H22N2O4S/c1-13-6-4-5-7-17(13)20-25(22,23)16-10-8-15(9-11-16)18(21)19-14(2)12-24-3/h4-11,14,20H,12H2,1-3H3,(H,19,21). The van der Waals surface area contributed by atoms with E-state index in [1.165, 1.54) is 24.3 Å². The molecule has 0 aliphatic rings. The van der Waals surface area contributed by atoms with Crippen molar-refractivity contribution in [3.63, 3.8) is 0 Å². The molecule has 2 aromatic rings. The summed E-state index contributed by atoms with van der Waals surface area (Å²) in [5.74, 6) is -0.277. The van der Waals surface area contributed by atoms with E-state index < -0.39 is 10.0 Å². The predicted octanol–water partition coefficient (Wildman–Crippen LogP) is 2.56. The molecule has 2 aromatic carbocycles. The molecule has 0 aromatic heterocycles. The van der Waals surface area contributed by atoms with Gasteiger partial charge in [-0.05, 0) is 49.7 Å². The fourth-order valence-electron chi connectivity index (χ4n) is 2.28. The van der Waals surface area contributed by atoms with Gasteiger partial charge in [-0.25, -0.2) is 8.42 Å². The molecule has 7 heteroatoms. The summed E-state index contributed by atoms with van der Waals surface area (Å²) in [5, 5.41) is 2.77. The third-order valence-corrected chi connectivity index (χ3v) is 4.99. The van der Waals surface area contributed by atoms with Gasteiger partial charge in [-0.1, -0.05) is 18.2 Å². The van der Waals surface area contributed by atoms with Gasteiger partial charge in [-0.15, -0.1) is 0 Å². The molecule has 0 aliphatic heterocycles. The second kappa shape index (κ2) is 8.13. The lowest BCUT2D eigenvalue weighted by Crippen LogP contribution is -2.35. The van der Waals surface area contributed by atoms with Crippen molar-refractivity contribution < 1.29 is 17.9 Å². The number of hydrogen-bond donors (Lipinski definition) is 2. The minimum absolute atomic E-state index is 0.0947. The second-order valence-electron chi connectivity index (χ2n) is 5.77. The van der Waals surface area contributed by atoms with Crippen LogP contribution in [-0.2, 0) is 14.8 Å². The Morgan fingerprint density at radius 2 is 1.76 bits per heavy atom. The monoisotopic (exact) mass is 362 g/mol. The highest BCUT2D eigenvalue weighted by Crippen LogP contribution is 2.19. The van der Waals surface area contributed by atoms with Crippen molar-refractivity contribution >= 4 is 21.6 Å². The number of carbonyl (C=O) groups is 1. The molecule has 25 heavy (non-hydrogen) atoms. The molecule has 0 radical (unpaired) electrons. The van der Waals surface area contributed by atoms with Crippen LogP contribution in [0.3, 0.4) is 0 Å². The molecule has 2 rings (SSSR count). The largest absolute Gasteiger partial charge is 0.383 e. The lowest BCUT2D eigenvalue weighted by molar-refractivity contribution is 0.0905. The van der Waals surface area contributed by atoms with E-state index in [-0.39, 0.29) is 16.8 Å². The van der Waals surface area contributed by atoms with Crippen LogP contribution in [0.15, 0.2) is 53.4 Å². The van der Waals surface area contributed by atoms with Crippen LogP contribution in [0.1, 0.15) is 22.8 Å². The van der Waals surface area contributed by atoms with E-state index >= 15 is 0 Å². The first-order chi connectivity index (χ1) is 11.8. The Bertz CT molecular complexity index is 832. The minimum Gasteiger partial charge on any atom is -0.383 e. The second-order valence-corrected chi connectivity index (χ2v) is 7.46. The Kier molecular flexibility index (Phi) is 6.17. The maximum Gasteiger partial charge on any atom is 0.261 e. The number of para-hydroxylation sites is 1. The third-order valence-electron chi connectivity index (χ3n) is 3.61. The van der Waals surface area contributed by atoms with Crippen molar-refractivity contribution in [1.29, 1.82) is 0 Å². The van der Waals surface area contributed by atoms with Crippen LogP contribution in [0.25, 0.3) is 0 Å². The van der Waals surface area contributed by atoms with Gasteiger partial charge in [-0.3, -0.25) is 9.52 Å². The molecule has 0 fully saturated rings. The highest BCUT2D eigenvalue weighted by atomic mass is 32.2. The number of hydrogen-bond acceptors (Lipinski definition) is 4. The van der Waals surface area contributed by atoms with Gasteiger partial charge in [0.15, 0.2) is 0 Å². The van der Waals surface area contributed by atoms with Gasteiger partial charge in [-0.2, -0.15) is 0 Å². The zero-order valence-corrected chi connectivity index (χ0v) is 15.3. The van der Waals surface area contributed by atoms with Crippen molar-refractivity contribution in [3.05, 3.63) is 59.7 Å². The molecular formula is C18H22N2O4S. The van der Waals surface area contributed by atoms with Crippen LogP contribution < -0.4 is 10.0 Å². The number of ether oxygens (including phenoxy) is 1. The van der Waals surface area contributed by atoms with Crippen LogP contribution in [0.4, 0.5) is 5.69 Å². The lowest BCUT2D eigenvalue weighted by atomic mass is 10.2. The number of carbonyl (C=O) groups excluding carboxylic acids is 1. The van der Waals surface area contributed by atoms with Gasteiger partial charge in [0.05, 0.1) is 17.2 Å². The van der Waals surface area contributed by atoms with Gasteiger partial charge in [0.2, 0.25) is 0 Å². The van der Waals surface area contributed by atoms with E-state index in [2.05, 4.69) is 10.0 Å². The highest BCUT2D eigenvalue weighted by Gasteiger charge is 2.16. The number of methoxy groups -OCH3 is 1. The highest BCUT2D eigenvalue weighted by molar-refractivity contribution is 7.92. The van der Waals surface area contributed by atoms with Crippen LogP contribution in [-0.4, -0.2) is 34.1 Å². The Morgan fingerprint density at radius 1 is 1.12 bits per heavy atom. The Hall–Kier alpha value is -2.38. The molecule has 0 saturated carbocycles. The molecule has 0 saturated heterocycles. The zero-order valence-electron chi connectivity index (χ0n) is 14.4. The molecule has 6 nitrogen and oxygen atoms in total. The molecule has 0 bridgehead atoms. The lowest BCUT2D eigenvalue weighted by Gasteiger charge is -2.13. The summed E-state index contributed by atoms with van der Waals surface area (Å²) in [5.41, 5.74) is 1.74. The molecule has 134 valence electrons. The number of anilines is 1. The first-order valence-electron chi connectivity index (χ1n) is 7.82. The van der Waals surface area contributed by atoms with Crippen molar-refractivity contribution in [3.8, 4) is 0 Å². The number of benzene rings is 2. The molecule has 0 spiro atoms. The summed E-state index contributed by atoms with van der Waals surface area (Å²) in [6.07, 6.45) is 0. The molecular weight excluding hydrogens is 340 g/mol. The van der Waals surface area contributed by atoms with E-state index in [9.17, 15) is 13.2 Å². The molecule has 2 N–H and O–H groups in total. The maximum atomic E-state index is 12.5. The van der Waals surface area contributed by atoms with E-state index in [1.807, 2.05) is 26.0 Å². The van der Waals surface area contributed by atoms with Gasteiger partial charge in [0, 0.05) is 18.7 Å². The quantitative estimate of drug-likeness (QED) is 0.793. The zero-order chi connectivity index (χ0) is 18.4. The minimum atomic E-state index is -3.71. The first kappa shape index (κ1) is 19.0. The normalized spacial score (nSPS) is 12.4. The number of amides is 1. The van der Waals surface area contributed by atoms with Gasteiger partial charge in [0.1, 0.15) is 0 Å². The van der Waals surface area contributed by atoms with Crippen molar-refractivity contribution in [2.45, 2.75) is 24.8 Å². The Balaban J connectivity index is 2.13. The van der Waals surface area contributed by atoms with Crippen LogP contribution >= 0.6 is 0 Å². The van der Waals surface area contributed by atoms with E-state index in [0.29, 0.717) is 17.9 Å². The Labute approximate surface area is 148 Å². The van der Waals surface area contributed by atoms with Crippen molar-refractivity contribution in [1.82, 2.24) is 5.32 Å². The number of nitrogens with one attached hydrogen (secondary N) is 2. The van der Waals surface area contributed by atoms with E-state index in [4.69, 9.17) is 4.74 Å². The predicted molar refractivity (Wildman–Crippen MR) is 97.2 cm³/mol. The molecule has 0 heterocycles. The summed E-state index contributed by atoms with van der Waals surface area (Å²) >= 11 is 0. The molecule has 1 unspecified atom stereocenters. The summed E-state index contributed by atoms with van der Waals surface area (Å²) in [6.45, 7) is 4.05. The van der Waals surface area contributed by atoms with Gasteiger partial charge >= 0.3 is 0 Å². The SMILES string of the molecule is COCC(C)NC(=O)c1ccc(S(=O)(=O)Nc2ccccc2C)cc1. The van der Waals surface area contributed by atoms with Crippen LogP contribution in [0.5, 0.6) is 0 Å². The number of aryl methyl sites for hydroxylation is 1. The van der Waals surface area contributed by atoms with Crippen LogP contribution in [0.2, 0.25) is 0 Å². The maximum absolute atomic E-state index is 12.5. The number of rotatable bonds is 7. The molecule has 0 aliphatic carbocycles. The molecule has 1 atom stereocenters. The summed E-state index contributed by atoms with van der Waals surface area (Å²) in [4.78, 5) is 12.2. The number of sulfonamides is 1. The summed E-state index contributed by atoms with van der Waals surface area (Å²) in [6, 6.07) is 12.8. The first-order valence-corrected chi connectivity index (χ1v) is 9.30. The average molecular weight is 362 g/mol. The third kappa shape index (κ3) is 5.04. The Morgan fingerprint density at radius 3 is 2.36 bits per heavy atom. The fourth-order valence-corrected chi connectivity index (χ4v) is 3.41. The smallest absolute Gasteiger partial charge is 0.261 e. The average Bonchev–Trinajstić information content (AvgIpc) is 2.57. The van der Waals surface area contributed by atoms with Crippen LogP contribution in [0, 0.1) is 6.92 Å². The summed E-state index contributed by atoms with van der Waals surface area (Å²) in [7, 11) is -2.15. The topological polar surface area (TPSA) is 84.5 Å².